The third kappa shape index (κ3) is 9.69. The van der Waals surface area contributed by atoms with Gasteiger partial charge in [0.1, 0.15) is 5.82 Å². The molecule has 0 bridgehead atoms. The minimum atomic E-state index is -1.39. The number of aliphatic hydroxyl groups excluding tert-OH is 2. The molecule has 0 radical (unpaired) electrons. The Labute approximate surface area is 243 Å². The molecule has 1 fully saturated rings. The molecule has 0 spiro atoms. The van der Waals surface area contributed by atoms with Crippen LogP contribution in [0.2, 0.25) is 0 Å². The number of benzene rings is 3. The van der Waals surface area contributed by atoms with Gasteiger partial charge in [-0.3, -0.25) is 9.59 Å². The van der Waals surface area contributed by atoms with E-state index in [0.717, 1.165) is 12.0 Å². The first-order valence-electron chi connectivity index (χ1n) is 14.2. The highest BCUT2D eigenvalue weighted by Gasteiger charge is 2.29. The van der Waals surface area contributed by atoms with Crippen LogP contribution in [-0.4, -0.2) is 65.8 Å². The van der Waals surface area contributed by atoms with Gasteiger partial charge in [0.15, 0.2) is 6.10 Å². The Hall–Kier alpha value is -3.75. The summed E-state index contributed by atoms with van der Waals surface area (Å²) in [5, 5.41) is 21.5. The van der Waals surface area contributed by atoms with Crippen molar-refractivity contribution >= 4 is 18.0 Å². The normalized spacial score (nSPS) is 14.2. The van der Waals surface area contributed by atoms with Crippen LogP contribution in [0.3, 0.4) is 0 Å². The number of halogens is 1. The second-order valence-corrected chi connectivity index (χ2v) is 9.89. The molecule has 7 nitrogen and oxygen atoms in total. The van der Waals surface area contributed by atoms with Crippen LogP contribution in [0.5, 0.6) is 0 Å². The molecule has 1 heterocycles. The van der Waals surface area contributed by atoms with E-state index in [1.807, 2.05) is 18.7 Å². The zero-order valence-corrected chi connectivity index (χ0v) is 24.8. The monoisotopic (exact) mass is 565 g/mol. The van der Waals surface area contributed by atoms with Crippen LogP contribution in [0.15, 0.2) is 72.8 Å². The average molecular weight is 566 g/mol. The van der Waals surface area contributed by atoms with Gasteiger partial charge in [-0.05, 0) is 47.2 Å². The van der Waals surface area contributed by atoms with E-state index in [1.54, 1.807) is 18.2 Å². The maximum absolute atomic E-state index is 13.7. The molecule has 0 aliphatic carbocycles. The van der Waals surface area contributed by atoms with Gasteiger partial charge in [0.25, 0.3) is 5.91 Å². The molecule has 2 amide bonds. The van der Waals surface area contributed by atoms with Gasteiger partial charge in [0.2, 0.25) is 6.41 Å². The van der Waals surface area contributed by atoms with E-state index in [0.29, 0.717) is 44.3 Å². The maximum Gasteiger partial charge on any atom is 0.254 e. The molecular formula is C33H44FN3O4. The molecule has 4 rings (SSSR count). The van der Waals surface area contributed by atoms with Gasteiger partial charge < -0.3 is 25.3 Å². The highest BCUT2D eigenvalue weighted by Crippen LogP contribution is 2.29. The van der Waals surface area contributed by atoms with Crippen LogP contribution in [0, 0.1) is 5.82 Å². The Morgan fingerprint density at radius 3 is 2.05 bits per heavy atom. The summed E-state index contributed by atoms with van der Waals surface area (Å²) < 4.78 is 13.7. The number of rotatable bonds is 8. The van der Waals surface area contributed by atoms with Gasteiger partial charge in [0, 0.05) is 32.7 Å². The Balaban J connectivity index is 0.000000271. The van der Waals surface area contributed by atoms with Crippen molar-refractivity contribution in [3.8, 4) is 11.1 Å². The zero-order valence-electron chi connectivity index (χ0n) is 24.8. The van der Waals surface area contributed by atoms with Gasteiger partial charge >= 0.3 is 0 Å². The highest BCUT2D eigenvalue weighted by atomic mass is 19.1. The summed E-state index contributed by atoms with van der Waals surface area (Å²) in [5.74, 6) is -0.253. The average Bonchev–Trinajstić information content (AvgIpc) is 3.01. The van der Waals surface area contributed by atoms with Crippen LogP contribution >= 0.6 is 0 Å². The Kier molecular flexibility index (Phi) is 14.0. The van der Waals surface area contributed by atoms with Gasteiger partial charge in [-0.25, -0.2) is 4.39 Å². The van der Waals surface area contributed by atoms with E-state index in [1.165, 1.54) is 34.6 Å². The molecule has 2 unspecified atom stereocenters. The minimum Gasteiger partial charge on any atom is -0.390 e. The van der Waals surface area contributed by atoms with Crippen LogP contribution in [0.4, 0.5) is 10.1 Å². The zero-order chi connectivity index (χ0) is 30.4. The van der Waals surface area contributed by atoms with E-state index in [2.05, 4.69) is 67.7 Å². The van der Waals surface area contributed by atoms with Crippen molar-refractivity contribution in [3.63, 3.8) is 0 Å². The van der Waals surface area contributed by atoms with Gasteiger partial charge in [0.05, 0.1) is 11.8 Å². The largest absolute Gasteiger partial charge is 0.390 e. The fraction of sp³-hybridized carbons (Fsp3) is 0.394. The number of nitrogens with one attached hydrogen (secondary N) is 1. The third-order valence-electron chi connectivity index (χ3n) is 6.73. The van der Waals surface area contributed by atoms with Crippen molar-refractivity contribution < 1.29 is 24.2 Å². The lowest BCUT2D eigenvalue weighted by Gasteiger charge is -2.37. The van der Waals surface area contributed by atoms with Crippen LogP contribution in [0.1, 0.15) is 51.7 Å². The predicted octanol–water partition coefficient (Wildman–Crippen LogP) is 4.97. The topological polar surface area (TPSA) is 93.1 Å². The number of carbonyl (C=O) groups excluding carboxylic acids is 2. The molecule has 1 saturated heterocycles. The van der Waals surface area contributed by atoms with Crippen molar-refractivity contribution in [1.29, 1.82) is 0 Å². The number of aliphatic hydroxyl groups is 2. The number of hydrogen-bond donors (Lipinski definition) is 3. The fourth-order valence-corrected chi connectivity index (χ4v) is 4.49. The first-order valence-corrected chi connectivity index (χ1v) is 14.2. The highest BCUT2D eigenvalue weighted by molar-refractivity contribution is 5.81. The molecule has 222 valence electrons. The summed E-state index contributed by atoms with van der Waals surface area (Å²) >= 11 is 0. The quantitative estimate of drug-likeness (QED) is 0.336. The standard InChI is InChI=1S/C17H19NO.C14H19FN2O3.C2H6/c1-13(2)16-5-3-4-6-17(16)15-9-7-14(8-10-15)11-18-12-19;1-10(18)13(19)14(20)17-8-6-16(7-9-17)12-5-3-2-4-11(12)15;1-2/h3-10,12-13H,11H2,1-2H3,(H,18,19);2-5,10,13,18-19H,6-9H2,1H3;1-2H3. The van der Waals surface area contributed by atoms with Gasteiger partial charge in [-0.1, -0.05) is 88.4 Å². The summed E-state index contributed by atoms with van der Waals surface area (Å²) in [4.78, 5) is 25.5. The Bertz CT molecular complexity index is 1210. The summed E-state index contributed by atoms with van der Waals surface area (Å²) in [6.07, 6.45) is -1.76. The Morgan fingerprint density at radius 1 is 0.902 bits per heavy atom. The van der Waals surface area contributed by atoms with Crippen molar-refractivity contribution in [2.75, 3.05) is 31.1 Å². The summed E-state index contributed by atoms with van der Waals surface area (Å²) in [6, 6.07) is 23.4. The molecule has 1 aliphatic rings. The number of nitrogens with zero attached hydrogens (tertiary/aromatic N) is 2. The van der Waals surface area contributed by atoms with Crippen molar-refractivity contribution in [2.24, 2.45) is 0 Å². The van der Waals surface area contributed by atoms with Crippen LogP contribution < -0.4 is 10.2 Å². The summed E-state index contributed by atoms with van der Waals surface area (Å²) in [6.45, 7) is 12.2. The molecule has 41 heavy (non-hydrogen) atoms. The van der Waals surface area contributed by atoms with Crippen LogP contribution in [0.25, 0.3) is 11.1 Å². The number of amides is 2. The molecule has 2 atom stereocenters. The SMILES string of the molecule is CC.CC(C)c1ccccc1-c1ccc(CNC=O)cc1.CC(O)C(O)C(=O)N1CCN(c2ccccc2F)CC1. The Morgan fingerprint density at radius 2 is 1.49 bits per heavy atom. The van der Waals surface area contributed by atoms with E-state index in [9.17, 15) is 24.2 Å². The number of piperazine rings is 1. The van der Waals surface area contributed by atoms with Gasteiger partial charge in [-0.15, -0.1) is 0 Å². The number of carbonyl (C=O) groups is 2. The lowest BCUT2D eigenvalue weighted by atomic mass is 9.92. The summed E-state index contributed by atoms with van der Waals surface area (Å²) in [5.41, 5.74) is 5.50. The van der Waals surface area contributed by atoms with Crippen molar-refractivity contribution in [3.05, 3.63) is 89.7 Å². The lowest BCUT2D eigenvalue weighted by Crippen LogP contribution is -2.53. The molecule has 1 aliphatic heterocycles. The molecule has 0 saturated carbocycles. The first kappa shape index (κ1) is 33.5. The van der Waals surface area contributed by atoms with E-state index >= 15 is 0 Å². The molecular weight excluding hydrogens is 521 g/mol. The molecule has 8 heteroatoms. The smallest absolute Gasteiger partial charge is 0.254 e. The molecule has 3 N–H and O–H groups in total. The predicted molar refractivity (Wildman–Crippen MR) is 163 cm³/mol. The molecule has 0 aromatic heterocycles. The van der Waals surface area contributed by atoms with E-state index in [-0.39, 0.29) is 5.82 Å². The number of para-hydroxylation sites is 1. The van der Waals surface area contributed by atoms with Crippen LogP contribution in [-0.2, 0) is 16.1 Å². The second-order valence-electron chi connectivity index (χ2n) is 9.89. The first-order chi connectivity index (χ1) is 19.7. The van der Waals surface area contributed by atoms with Crippen molar-refractivity contribution in [1.82, 2.24) is 10.2 Å². The van der Waals surface area contributed by atoms with E-state index < -0.39 is 18.1 Å². The fourth-order valence-electron chi connectivity index (χ4n) is 4.49. The van der Waals surface area contributed by atoms with Gasteiger partial charge in [-0.2, -0.15) is 0 Å². The maximum atomic E-state index is 13.7. The lowest BCUT2D eigenvalue weighted by molar-refractivity contribution is -0.145. The minimum absolute atomic E-state index is 0.281. The summed E-state index contributed by atoms with van der Waals surface area (Å²) in [7, 11) is 0. The second kappa shape index (κ2) is 17.1. The molecule has 3 aromatic carbocycles. The third-order valence-corrected chi connectivity index (χ3v) is 6.73. The van der Waals surface area contributed by atoms with E-state index in [4.69, 9.17) is 0 Å². The van der Waals surface area contributed by atoms with Crippen molar-refractivity contribution in [2.45, 2.75) is 59.3 Å². The molecule has 3 aromatic rings. The number of anilines is 1. The number of hydrogen-bond acceptors (Lipinski definition) is 5.